The van der Waals surface area contributed by atoms with Crippen molar-refractivity contribution >= 4 is 17.3 Å². The number of amides is 1. The summed E-state index contributed by atoms with van der Waals surface area (Å²) in [5, 5.41) is 4.13. The Bertz CT molecular complexity index is 1040. The van der Waals surface area contributed by atoms with Crippen molar-refractivity contribution in [2.24, 2.45) is 0 Å². The summed E-state index contributed by atoms with van der Waals surface area (Å²) in [5.41, 5.74) is 4.99. The molecule has 1 saturated carbocycles. The zero-order valence-electron chi connectivity index (χ0n) is 16.1. The number of carbonyl (C=O) groups is 1. The van der Waals surface area contributed by atoms with Gasteiger partial charge in [0.1, 0.15) is 17.0 Å². The maximum atomic E-state index is 13.6. The fourth-order valence-corrected chi connectivity index (χ4v) is 4.07. The average Bonchev–Trinajstić information content (AvgIpc) is 3.49. The third-order valence-corrected chi connectivity index (χ3v) is 5.58. The smallest absolute Gasteiger partial charge is 0.264 e. The number of carbonyl (C=O) groups excluding carboxylic acids is 1. The fraction of sp³-hybridized carbons (Fsp3) is 0.318. The number of anilines is 2. The quantitative estimate of drug-likeness (QED) is 0.694. The van der Waals surface area contributed by atoms with Crippen molar-refractivity contribution in [3.05, 3.63) is 59.5 Å². The average molecular weight is 374 g/mol. The summed E-state index contributed by atoms with van der Waals surface area (Å²) in [6.45, 7) is 5.39. The Morgan fingerprint density at radius 2 is 1.96 bits per heavy atom. The summed E-state index contributed by atoms with van der Waals surface area (Å²) in [6.07, 6.45) is 4.16. The number of benzene rings is 1. The van der Waals surface area contributed by atoms with E-state index in [1.165, 1.54) is 24.1 Å². The molecule has 3 heterocycles. The Labute approximate surface area is 163 Å². The van der Waals surface area contributed by atoms with Crippen LogP contribution in [0.15, 0.2) is 47.1 Å². The van der Waals surface area contributed by atoms with E-state index < -0.39 is 0 Å². The first kappa shape index (κ1) is 17.0. The Balaban J connectivity index is 1.58. The largest absolute Gasteiger partial charge is 0.365 e. The number of hydrogen-bond donors (Lipinski definition) is 0. The Hall–Kier alpha value is -3.15. The number of aromatic nitrogens is 2. The minimum absolute atomic E-state index is 0.0818. The van der Waals surface area contributed by atoms with E-state index in [2.05, 4.69) is 28.0 Å². The molecule has 1 aromatic carbocycles. The molecule has 1 aliphatic heterocycles. The van der Waals surface area contributed by atoms with Crippen LogP contribution in [0.3, 0.4) is 0 Å². The van der Waals surface area contributed by atoms with Gasteiger partial charge in [-0.15, -0.1) is 0 Å². The van der Waals surface area contributed by atoms with Crippen LogP contribution in [0, 0.1) is 13.8 Å². The van der Waals surface area contributed by atoms with Gasteiger partial charge >= 0.3 is 0 Å². The summed E-state index contributed by atoms with van der Waals surface area (Å²) in [6, 6.07) is 12.4. The van der Waals surface area contributed by atoms with Crippen LogP contribution in [0.25, 0.3) is 11.4 Å². The van der Waals surface area contributed by atoms with Gasteiger partial charge in [0.15, 0.2) is 0 Å². The molecule has 5 rings (SSSR count). The van der Waals surface area contributed by atoms with Gasteiger partial charge in [-0.3, -0.25) is 9.78 Å². The fourth-order valence-electron chi connectivity index (χ4n) is 4.07. The Kier molecular flexibility index (Phi) is 3.93. The van der Waals surface area contributed by atoms with Gasteiger partial charge in [-0.25, -0.2) is 0 Å². The molecular formula is C22H22N4O2. The molecule has 6 heteroatoms. The molecule has 0 N–H and O–H groups in total. The van der Waals surface area contributed by atoms with E-state index in [0.29, 0.717) is 35.3 Å². The molecule has 0 atom stereocenters. The molecule has 0 spiro atoms. The topological polar surface area (TPSA) is 62.5 Å². The summed E-state index contributed by atoms with van der Waals surface area (Å²) in [4.78, 5) is 22.3. The van der Waals surface area contributed by atoms with E-state index >= 15 is 0 Å². The molecule has 2 aromatic heterocycles. The number of rotatable bonds is 3. The highest BCUT2D eigenvalue weighted by molar-refractivity contribution is 6.12. The van der Waals surface area contributed by atoms with E-state index in [1.54, 1.807) is 13.1 Å². The number of nitrogens with zero attached hydrogens (tertiary/aromatic N) is 4. The van der Waals surface area contributed by atoms with Crippen molar-refractivity contribution in [3.8, 4) is 11.4 Å². The van der Waals surface area contributed by atoms with Crippen LogP contribution in [0.2, 0.25) is 0 Å². The Morgan fingerprint density at radius 3 is 2.71 bits per heavy atom. The van der Waals surface area contributed by atoms with Gasteiger partial charge in [0.05, 0.1) is 17.1 Å². The van der Waals surface area contributed by atoms with E-state index in [9.17, 15) is 4.79 Å². The zero-order chi connectivity index (χ0) is 19.3. The molecule has 0 saturated heterocycles. The first-order chi connectivity index (χ1) is 13.6. The van der Waals surface area contributed by atoms with Crippen molar-refractivity contribution in [3.63, 3.8) is 0 Å². The highest BCUT2D eigenvalue weighted by atomic mass is 16.5. The second-order valence-electron chi connectivity index (χ2n) is 7.50. The van der Waals surface area contributed by atoms with E-state index in [-0.39, 0.29) is 5.91 Å². The number of aryl methyl sites for hydroxylation is 2. The number of fused-ring (bicyclic) bond motifs is 1. The lowest BCUT2D eigenvalue weighted by Gasteiger charge is -2.39. The third kappa shape index (κ3) is 2.68. The predicted octanol–water partition coefficient (Wildman–Crippen LogP) is 3.98. The molecule has 0 radical (unpaired) electrons. The van der Waals surface area contributed by atoms with Gasteiger partial charge in [-0.1, -0.05) is 23.4 Å². The maximum absolute atomic E-state index is 13.6. The summed E-state index contributed by atoms with van der Waals surface area (Å²) in [5.74, 6) is 0.436. The monoisotopic (exact) mass is 374 g/mol. The lowest BCUT2D eigenvalue weighted by Crippen LogP contribution is -2.45. The molecular weight excluding hydrogens is 352 g/mol. The van der Waals surface area contributed by atoms with Crippen LogP contribution in [0.1, 0.15) is 34.5 Å². The van der Waals surface area contributed by atoms with E-state index in [4.69, 9.17) is 4.52 Å². The highest BCUT2D eigenvalue weighted by Crippen LogP contribution is 2.42. The molecule has 1 aliphatic carbocycles. The molecule has 3 aromatic rings. The molecule has 6 nitrogen and oxygen atoms in total. The lowest BCUT2D eigenvalue weighted by molar-refractivity contribution is 0.0985. The van der Waals surface area contributed by atoms with Gasteiger partial charge in [-0.05, 0) is 50.5 Å². The van der Waals surface area contributed by atoms with Crippen LogP contribution in [0.5, 0.6) is 0 Å². The molecule has 1 fully saturated rings. The number of para-hydroxylation sites is 1. The van der Waals surface area contributed by atoms with E-state index in [1.807, 2.05) is 35.2 Å². The van der Waals surface area contributed by atoms with Crippen molar-refractivity contribution < 1.29 is 9.32 Å². The highest BCUT2D eigenvalue weighted by Gasteiger charge is 2.38. The van der Waals surface area contributed by atoms with Crippen LogP contribution in [0.4, 0.5) is 11.4 Å². The van der Waals surface area contributed by atoms with Crippen LogP contribution < -0.4 is 9.80 Å². The van der Waals surface area contributed by atoms with E-state index in [0.717, 1.165) is 12.2 Å². The molecule has 1 amide bonds. The number of hydrogen-bond acceptors (Lipinski definition) is 5. The summed E-state index contributed by atoms with van der Waals surface area (Å²) in [7, 11) is 0. The summed E-state index contributed by atoms with van der Waals surface area (Å²) >= 11 is 0. The lowest BCUT2D eigenvalue weighted by atomic mass is 10.0. The zero-order valence-corrected chi connectivity index (χ0v) is 16.1. The van der Waals surface area contributed by atoms with Crippen molar-refractivity contribution in [2.75, 3.05) is 22.9 Å². The van der Waals surface area contributed by atoms with Gasteiger partial charge in [0.2, 0.25) is 0 Å². The van der Waals surface area contributed by atoms with Gasteiger partial charge in [-0.2, -0.15) is 0 Å². The van der Waals surface area contributed by atoms with Gasteiger partial charge in [0, 0.05) is 25.3 Å². The number of pyridine rings is 1. The third-order valence-electron chi connectivity index (χ3n) is 5.58. The minimum atomic E-state index is -0.0818. The molecule has 0 bridgehead atoms. The van der Waals surface area contributed by atoms with Crippen LogP contribution in [-0.2, 0) is 0 Å². The normalized spacial score (nSPS) is 16.2. The van der Waals surface area contributed by atoms with Gasteiger partial charge < -0.3 is 14.3 Å². The first-order valence-electron chi connectivity index (χ1n) is 9.71. The summed E-state index contributed by atoms with van der Waals surface area (Å²) < 4.78 is 5.40. The Morgan fingerprint density at radius 1 is 1.11 bits per heavy atom. The van der Waals surface area contributed by atoms with Crippen molar-refractivity contribution in [1.29, 1.82) is 0 Å². The van der Waals surface area contributed by atoms with Crippen LogP contribution >= 0.6 is 0 Å². The first-order valence-corrected chi connectivity index (χ1v) is 9.71. The molecule has 2 aliphatic rings. The predicted molar refractivity (Wildman–Crippen MR) is 108 cm³/mol. The van der Waals surface area contributed by atoms with Gasteiger partial charge in [0.25, 0.3) is 5.91 Å². The van der Waals surface area contributed by atoms with Crippen LogP contribution in [-0.4, -0.2) is 35.2 Å². The molecule has 28 heavy (non-hydrogen) atoms. The standard InChI is InChI=1S/C22H22N4O2/c1-14-6-5-8-18-21(14)25(16-9-10-16)12-13-26(18)22(27)19-15(2)28-24-20(19)17-7-3-4-11-23-17/h3-8,11,16H,9-10,12-13H2,1-2H3. The second kappa shape index (κ2) is 6.48. The van der Waals surface area contributed by atoms with Crippen molar-refractivity contribution in [2.45, 2.75) is 32.7 Å². The SMILES string of the molecule is Cc1cccc2c1N(C1CC1)CCN2C(=O)c1c(-c2ccccn2)noc1C. The second-order valence-corrected chi connectivity index (χ2v) is 7.50. The maximum Gasteiger partial charge on any atom is 0.264 e. The minimum Gasteiger partial charge on any atom is -0.365 e. The molecule has 142 valence electrons. The molecule has 0 unspecified atom stereocenters. The van der Waals surface area contributed by atoms with Crippen molar-refractivity contribution in [1.82, 2.24) is 10.1 Å².